The van der Waals surface area contributed by atoms with Gasteiger partial charge in [-0.25, -0.2) is 9.97 Å². The third kappa shape index (κ3) is 3.00. The molecule has 3 rings (SSSR count). The number of hydrogen-bond donors (Lipinski definition) is 1. The zero-order valence-corrected chi connectivity index (χ0v) is 13.2. The lowest BCUT2D eigenvalue weighted by atomic mass is 10.1. The Balaban J connectivity index is 1.85. The molecule has 0 saturated carbocycles. The largest absolute Gasteiger partial charge is 0.382 e. The van der Waals surface area contributed by atoms with Crippen LogP contribution in [0.4, 0.5) is 5.82 Å². The number of anilines is 1. The summed E-state index contributed by atoms with van der Waals surface area (Å²) in [6.45, 7) is 2.24. The van der Waals surface area contributed by atoms with Crippen molar-refractivity contribution < 1.29 is 0 Å². The molecular weight excluding hydrogens is 278 g/mol. The first-order valence-corrected chi connectivity index (χ1v) is 8.55. The smallest absolute Gasteiger partial charge is 0.151 e. The van der Waals surface area contributed by atoms with Gasteiger partial charge < -0.3 is 5.73 Å². The number of aromatic nitrogens is 2. The molecule has 1 aromatic carbocycles. The molecule has 2 N–H and O–H groups in total. The molecule has 0 aliphatic carbocycles. The van der Waals surface area contributed by atoms with Crippen molar-refractivity contribution in [2.45, 2.75) is 45.4 Å². The highest BCUT2D eigenvalue weighted by Gasteiger charge is 2.11. The van der Waals surface area contributed by atoms with E-state index in [0.717, 1.165) is 22.8 Å². The van der Waals surface area contributed by atoms with Crippen LogP contribution in [0, 0.1) is 0 Å². The topological polar surface area (TPSA) is 51.8 Å². The zero-order valence-electron chi connectivity index (χ0n) is 12.4. The predicted octanol–water partition coefficient (Wildman–Crippen LogP) is 4.94. The minimum absolute atomic E-state index is 0.553. The molecule has 0 spiro atoms. The molecule has 3 nitrogen and oxygen atoms in total. The Morgan fingerprint density at radius 1 is 1.05 bits per heavy atom. The zero-order chi connectivity index (χ0) is 14.7. The molecule has 0 radical (unpaired) electrons. The molecule has 2 heterocycles. The van der Waals surface area contributed by atoms with E-state index in [1.165, 1.54) is 41.8 Å². The second-order valence-corrected chi connectivity index (χ2v) is 6.55. The van der Waals surface area contributed by atoms with E-state index in [4.69, 9.17) is 10.7 Å². The summed E-state index contributed by atoms with van der Waals surface area (Å²) in [5, 5.41) is 2.35. The van der Waals surface area contributed by atoms with Crippen LogP contribution in [0.5, 0.6) is 0 Å². The summed E-state index contributed by atoms with van der Waals surface area (Å²) >= 11 is 1.77. The van der Waals surface area contributed by atoms with E-state index in [-0.39, 0.29) is 0 Å². The number of nitrogens with zero attached hydrogens (tertiary/aromatic N) is 2. The van der Waals surface area contributed by atoms with Crippen LogP contribution in [-0.4, -0.2) is 9.97 Å². The number of benzene rings is 1. The first kappa shape index (κ1) is 14.3. The van der Waals surface area contributed by atoms with Crippen molar-refractivity contribution in [3.05, 3.63) is 29.3 Å². The Labute approximate surface area is 129 Å². The first-order chi connectivity index (χ1) is 10.3. The summed E-state index contributed by atoms with van der Waals surface area (Å²) in [6.07, 6.45) is 7.50. The number of nitrogens with two attached hydrogens (primary N) is 1. The molecular formula is C17H21N3S. The van der Waals surface area contributed by atoms with Gasteiger partial charge in [0.15, 0.2) is 5.82 Å². The van der Waals surface area contributed by atoms with Gasteiger partial charge in [-0.15, -0.1) is 11.3 Å². The number of fused-ring (bicyclic) bond motifs is 3. The summed E-state index contributed by atoms with van der Waals surface area (Å²) in [5.74, 6) is 0.553. The molecule has 2 aromatic heterocycles. The second-order valence-electron chi connectivity index (χ2n) is 5.46. The molecule has 0 aliphatic rings. The number of nitrogen functional groups attached to an aromatic ring is 1. The number of rotatable bonds is 6. The lowest BCUT2D eigenvalue weighted by Crippen LogP contribution is -1.92. The minimum Gasteiger partial charge on any atom is -0.382 e. The van der Waals surface area contributed by atoms with E-state index in [1.807, 2.05) is 18.2 Å². The van der Waals surface area contributed by atoms with Gasteiger partial charge in [-0.2, -0.15) is 0 Å². The SMILES string of the molecule is CCCCCCCc1nc2c(N)nc3ccccc3c2s1. The minimum atomic E-state index is 0.553. The Hall–Kier alpha value is -1.68. The van der Waals surface area contributed by atoms with Crippen molar-refractivity contribution in [3.63, 3.8) is 0 Å². The van der Waals surface area contributed by atoms with Gasteiger partial charge in [0.05, 0.1) is 15.2 Å². The van der Waals surface area contributed by atoms with Crippen LogP contribution in [0.2, 0.25) is 0 Å². The average molecular weight is 299 g/mol. The van der Waals surface area contributed by atoms with Crippen molar-refractivity contribution in [2.24, 2.45) is 0 Å². The number of pyridine rings is 1. The van der Waals surface area contributed by atoms with Gasteiger partial charge in [0.2, 0.25) is 0 Å². The molecule has 110 valence electrons. The van der Waals surface area contributed by atoms with Crippen LogP contribution in [0.3, 0.4) is 0 Å². The van der Waals surface area contributed by atoms with E-state index in [1.54, 1.807) is 11.3 Å². The summed E-state index contributed by atoms with van der Waals surface area (Å²) in [5.41, 5.74) is 7.90. The fourth-order valence-electron chi connectivity index (χ4n) is 2.65. The monoisotopic (exact) mass is 299 g/mol. The maximum atomic E-state index is 6.06. The molecule has 0 bridgehead atoms. The van der Waals surface area contributed by atoms with Gasteiger partial charge in [-0.05, 0) is 18.9 Å². The summed E-state index contributed by atoms with van der Waals surface area (Å²) in [7, 11) is 0. The van der Waals surface area contributed by atoms with Gasteiger partial charge in [-0.3, -0.25) is 0 Å². The van der Waals surface area contributed by atoms with E-state index in [0.29, 0.717) is 5.82 Å². The quantitative estimate of drug-likeness (QED) is 0.656. The van der Waals surface area contributed by atoms with Crippen molar-refractivity contribution in [2.75, 3.05) is 5.73 Å². The third-order valence-electron chi connectivity index (χ3n) is 3.80. The van der Waals surface area contributed by atoms with E-state index in [2.05, 4.69) is 18.0 Å². The maximum Gasteiger partial charge on any atom is 0.151 e. The second kappa shape index (κ2) is 6.39. The van der Waals surface area contributed by atoms with Gasteiger partial charge in [0.25, 0.3) is 0 Å². The average Bonchev–Trinajstić information content (AvgIpc) is 2.92. The van der Waals surface area contributed by atoms with Crippen LogP contribution in [0.25, 0.3) is 21.1 Å². The normalized spacial score (nSPS) is 11.5. The maximum absolute atomic E-state index is 6.06. The lowest BCUT2D eigenvalue weighted by molar-refractivity contribution is 0.631. The van der Waals surface area contributed by atoms with E-state index < -0.39 is 0 Å². The molecule has 0 fully saturated rings. The van der Waals surface area contributed by atoms with Crippen molar-refractivity contribution >= 4 is 38.3 Å². The summed E-state index contributed by atoms with van der Waals surface area (Å²) < 4.78 is 1.18. The standard InChI is InChI=1S/C17H21N3S/c1-2-3-4-5-6-11-14-20-15-16(21-14)12-9-7-8-10-13(12)19-17(15)18/h7-10H,2-6,11H2,1H3,(H2,18,19). The van der Waals surface area contributed by atoms with E-state index in [9.17, 15) is 0 Å². The van der Waals surface area contributed by atoms with Crippen LogP contribution in [0.1, 0.15) is 44.0 Å². The Bertz CT molecular complexity index is 748. The van der Waals surface area contributed by atoms with Gasteiger partial charge in [0.1, 0.15) is 5.52 Å². The summed E-state index contributed by atoms with van der Waals surface area (Å²) in [6, 6.07) is 8.16. The van der Waals surface area contributed by atoms with Gasteiger partial charge in [0, 0.05) is 5.39 Å². The highest BCUT2D eigenvalue weighted by atomic mass is 32.1. The van der Waals surface area contributed by atoms with Crippen molar-refractivity contribution in [3.8, 4) is 0 Å². The van der Waals surface area contributed by atoms with E-state index >= 15 is 0 Å². The first-order valence-electron chi connectivity index (χ1n) is 7.73. The number of hydrogen-bond acceptors (Lipinski definition) is 4. The Morgan fingerprint density at radius 2 is 1.86 bits per heavy atom. The third-order valence-corrected chi connectivity index (χ3v) is 4.95. The van der Waals surface area contributed by atoms with Crippen molar-refractivity contribution in [1.82, 2.24) is 9.97 Å². The molecule has 3 aromatic rings. The molecule has 0 aliphatic heterocycles. The number of para-hydroxylation sites is 1. The fourth-order valence-corrected chi connectivity index (χ4v) is 3.80. The number of thiazole rings is 1. The number of unbranched alkanes of at least 4 members (excludes halogenated alkanes) is 4. The Kier molecular flexibility index (Phi) is 4.34. The highest BCUT2D eigenvalue weighted by molar-refractivity contribution is 7.19. The fraction of sp³-hybridized carbons (Fsp3) is 0.412. The van der Waals surface area contributed by atoms with Crippen molar-refractivity contribution in [1.29, 1.82) is 0 Å². The van der Waals surface area contributed by atoms with Gasteiger partial charge in [-0.1, -0.05) is 50.8 Å². The predicted molar refractivity (Wildman–Crippen MR) is 91.8 cm³/mol. The van der Waals surface area contributed by atoms with Crippen LogP contribution in [0.15, 0.2) is 24.3 Å². The van der Waals surface area contributed by atoms with Crippen LogP contribution >= 0.6 is 11.3 Å². The highest BCUT2D eigenvalue weighted by Crippen LogP contribution is 2.32. The molecule has 0 atom stereocenters. The summed E-state index contributed by atoms with van der Waals surface area (Å²) in [4.78, 5) is 9.17. The van der Waals surface area contributed by atoms with Gasteiger partial charge >= 0.3 is 0 Å². The molecule has 4 heteroatoms. The molecule has 21 heavy (non-hydrogen) atoms. The number of aryl methyl sites for hydroxylation is 1. The molecule has 0 amide bonds. The Morgan fingerprint density at radius 3 is 2.71 bits per heavy atom. The molecule has 0 saturated heterocycles. The lowest BCUT2D eigenvalue weighted by Gasteiger charge is -1.99. The van der Waals surface area contributed by atoms with Crippen LogP contribution < -0.4 is 5.73 Å². The van der Waals surface area contributed by atoms with Crippen LogP contribution in [-0.2, 0) is 6.42 Å². The molecule has 0 unspecified atom stereocenters.